The molecule has 92 valence electrons. The minimum Gasteiger partial charge on any atom is -0.483 e. The summed E-state index contributed by atoms with van der Waals surface area (Å²) in [4.78, 5) is 4.10. The second kappa shape index (κ2) is 5.19. The predicted molar refractivity (Wildman–Crippen MR) is 65.6 cm³/mol. The molecule has 1 aromatic heterocycles. The van der Waals surface area contributed by atoms with E-state index in [1.54, 1.807) is 22.9 Å². The smallest absolute Gasteiger partial charge is 0.164 e. The van der Waals surface area contributed by atoms with Crippen molar-refractivity contribution in [2.24, 2.45) is 0 Å². The van der Waals surface area contributed by atoms with Crippen LogP contribution in [-0.2, 0) is 13.2 Å². The van der Waals surface area contributed by atoms with Gasteiger partial charge >= 0.3 is 0 Å². The highest BCUT2D eigenvalue weighted by Crippen LogP contribution is 2.22. The van der Waals surface area contributed by atoms with Gasteiger partial charge in [0.15, 0.2) is 5.82 Å². The minimum atomic E-state index is 0.296. The van der Waals surface area contributed by atoms with Gasteiger partial charge in [-0.3, -0.25) is 0 Å². The number of hydrogen-bond acceptors (Lipinski definition) is 5. The predicted octanol–water partition coefficient (Wildman–Crippen LogP) is 1.33. The lowest BCUT2D eigenvalue weighted by atomic mass is 10.2. The molecule has 6 nitrogen and oxygen atoms in total. The lowest BCUT2D eigenvalue weighted by Crippen LogP contribution is -2.08. The van der Waals surface area contributed by atoms with Crippen LogP contribution < -0.4 is 10.5 Å². The fourth-order valence-electron chi connectivity index (χ4n) is 1.56. The number of aryl methyl sites for hydroxylation is 1. The standard InChI is InChI=1S/C12H13N5O/c1-2-17-12(15-8-16-17)7-18-11-4-3-9(6-13)5-10(11)14/h3-5,8H,2,7,14H2,1H3. The Bertz CT molecular complexity index is 584. The molecule has 1 heterocycles. The molecule has 2 rings (SSSR count). The topological polar surface area (TPSA) is 89.8 Å². The van der Waals surface area contributed by atoms with Crippen molar-refractivity contribution in [3.63, 3.8) is 0 Å². The van der Waals surface area contributed by atoms with Gasteiger partial charge in [-0.05, 0) is 25.1 Å². The van der Waals surface area contributed by atoms with E-state index in [0.717, 1.165) is 12.4 Å². The number of nitrogens with two attached hydrogens (primary N) is 1. The maximum absolute atomic E-state index is 8.73. The molecule has 1 aromatic carbocycles. The zero-order chi connectivity index (χ0) is 13.0. The Morgan fingerprint density at radius 3 is 3.00 bits per heavy atom. The van der Waals surface area contributed by atoms with Crippen LogP contribution in [0.3, 0.4) is 0 Å². The van der Waals surface area contributed by atoms with Crippen LogP contribution in [0.5, 0.6) is 5.75 Å². The highest BCUT2D eigenvalue weighted by atomic mass is 16.5. The van der Waals surface area contributed by atoms with Crippen molar-refractivity contribution in [1.29, 1.82) is 5.26 Å². The first-order valence-electron chi connectivity index (χ1n) is 5.53. The number of ether oxygens (including phenoxy) is 1. The third kappa shape index (κ3) is 2.40. The molecule has 0 unspecified atom stereocenters. The Kier molecular flexibility index (Phi) is 3.44. The molecule has 0 atom stereocenters. The van der Waals surface area contributed by atoms with Gasteiger partial charge in [-0.2, -0.15) is 10.4 Å². The SMILES string of the molecule is CCn1ncnc1COc1ccc(C#N)cc1N. The van der Waals surface area contributed by atoms with Crippen LogP contribution >= 0.6 is 0 Å². The number of aromatic nitrogens is 3. The summed E-state index contributed by atoms with van der Waals surface area (Å²) in [5.41, 5.74) is 6.74. The van der Waals surface area contributed by atoms with Crippen LogP contribution in [0.2, 0.25) is 0 Å². The highest BCUT2D eigenvalue weighted by molar-refractivity contribution is 5.56. The number of nitriles is 1. The Balaban J connectivity index is 2.09. The van der Waals surface area contributed by atoms with Gasteiger partial charge in [0.05, 0.1) is 17.3 Å². The summed E-state index contributed by atoms with van der Waals surface area (Å²) in [7, 11) is 0. The number of nitrogen functional groups attached to an aromatic ring is 1. The van der Waals surface area contributed by atoms with Gasteiger partial charge in [0, 0.05) is 6.54 Å². The molecule has 2 aromatic rings. The lowest BCUT2D eigenvalue weighted by molar-refractivity contribution is 0.289. The molecule has 0 aliphatic rings. The molecule has 2 N–H and O–H groups in total. The summed E-state index contributed by atoms with van der Waals surface area (Å²) in [5.74, 6) is 1.28. The van der Waals surface area contributed by atoms with Gasteiger partial charge in [0.2, 0.25) is 0 Å². The third-order valence-corrected chi connectivity index (χ3v) is 2.49. The summed E-state index contributed by atoms with van der Waals surface area (Å²) < 4.78 is 7.32. The summed E-state index contributed by atoms with van der Waals surface area (Å²) in [6.07, 6.45) is 1.49. The second-order valence-corrected chi connectivity index (χ2v) is 3.65. The van der Waals surface area contributed by atoms with Crippen LogP contribution in [0.4, 0.5) is 5.69 Å². The number of nitrogens with zero attached hydrogens (tertiary/aromatic N) is 4. The van der Waals surface area contributed by atoms with Crippen molar-refractivity contribution in [2.75, 3.05) is 5.73 Å². The van der Waals surface area contributed by atoms with Gasteiger partial charge in [-0.15, -0.1) is 0 Å². The number of benzene rings is 1. The van der Waals surface area contributed by atoms with Crippen LogP contribution in [-0.4, -0.2) is 14.8 Å². The summed E-state index contributed by atoms with van der Waals surface area (Å²) in [5, 5.41) is 12.8. The summed E-state index contributed by atoms with van der Waals surface area (Å²) in [6.45, 7) is 3.01. The summed E-state index contributed by atoms with van der Waals surface area (Å²) in [6, 6.07) is 6.95. The zero-order valence-electron chi connectivity index (χ0n) is 10.00. The van der Waals surface area contributed by atoms with E-state index in [2.05, 4.69) is 10.1 Å². The number of hydrogen-bond donors (Lipinski definition) is 1. The fourth-order valence-corrected chi connectivity index (χ4v) is 1.56. The van der Waals surface area contributed by atoms with Crippen LogP contribution in [0.1, 0.15) is 18.3 Å². The van der Waals surface area contributed by atoms with E-state index >= 15 is 0 Å². The first-order valence-corrected chi connectivity index (χ1v) is 5.53. The molecule has 0 saturated carbocycles. The number of rotatable bonds is 4. The molecular weight excluding hydrogens is 230 g/mol. The van der Waals surface area contributed by atoms with Crippen LogP contribution in [0, 0.1) is 11.3 Å². The van der Waals surface area contributed by atoms with E-state index in [0.29, 0.717) is 23.6 Å². The molecular formula is C12H13N5O. The van der Waals surface area contributed by atoms with E-state index in [9.17, 15) is 0 Å². The maximum Gasteiger partial charge on any atom is 0.164 e. The molecule has 18 heavy (non-hydrogen) atoms. The number of anilines is 1. The Hall–Kier alpha value is -2.55. The van der Waals surface area contributed by atoms with Gasteiger partial charge in [0.25, 0.3) is 0 Å². The van der Waals surface area contributed by atoms with Crippen molar-refractivity contribution < 1.29 is 4.74 Å². The third-order valence-electron chi connectivity index (χ3n) is 2.49. The normalized spacial score (nSPS) is 10.0. The van der Waals surface area contributed by atoms with Crippen molar-refractivity contribution >= 4 is 5.69 Å². The lowest BCUT2D eigenvalue weighted by Gasteiger charge is -2.09. The Labute approximate surface area is 105 Å². The second-order valence-electron chi connectivity index (χ2n) is 3.65. The van der Waals surface area contributed by atoms with Crippen molar-refractivity contribution in [1.82, 2.24) is 14.8 Å². The molecule has 0 bridgehead atoms. The molecule has 0 aliphatic heterocycles. The molecule has 0 radical (unpaired) electrons. The van der Waals surface area contributed by atoms with Gasteiger partial charge in [0.1, 0.15) is 18.7 Å². The fraction of sp³-hybridized carbons (Fsp3) is 0.250. The average Bonchev–Trinajstić information content (AvgIpc) is 2.84. The molecule has 0 aliphatic carbocycles. The molecule has 0 saturated heterocycles. The van der Waals surface area contributed by atoms with Crippen LogP contribution in [0.15, 0.2) is 24.5 Å². The molecule has 0 fully saturated rings. The first-order chi connectivity index (χ1) is 8.74. The molecule has 6 heteroatoms. The van der Waals surface area contributed by atoms with Gasteiger partial charge in [-0.1, -0.05) is 0 Å². The maximum atomic E-state index is 8.73. The molecule has 0 amide bonds. The van der Waals surface area contributed by atoms with Gasteiger partial charge in [-0.25, -0.2) is 9.67 Å². The average molecular weight is 243 g/mol. The monoisotopic (exact) mass is 243 g/mol. The van der Waals surface area contributed by atoms with E-state index in [4.69, 9.17) is 15.7 Å². The van der Waals surface area contributed by atoms with E-state index in [1.165, 1.54) is 6.33 Å². The minimum absolute atomic E-state index is 0.296. The Morgan fingerprint density at radius 2 is 2.33 bits per heavy atom. The van der Waals surface area contributed by atoms with E-state index in [-0.39, 0.29) is 0 Å². The first kappa shape index (κ1) is 11.9. The summed E-state index contributed by atoms with van der Waals surface area (Å²) >= 11 is 0. The molecule has 0 spiro atoms. The van der Waals surface area contributed by atoms with E-state index < -0.39 is 0 Å². The Morgan fingerprint density at radius 1 is 1.50 bits per heavy atom. The highest BCUT2D eigenvalue weighted by Gasteiger charge is 2.06. The van der Waals surface area contributed by atoms with Gasteiger partial charge < -0.3 is 10.5 Å². The van der Waals surface area contributed by atoms with Crippen molar-refractivity contribution in [3.05, 3.63) is 35.9 Å². The van der Waals surface area contributed by atoms with Crippen molar-refractivity contribution in [3.8, 4) is 11.8 Å². The largest absolute Gasteiger partial charge is 0.483 e. The quantitative estimate of drug-likeness (QED) is 0.818. The zero-order valence-corrected chi connectivity index (χ0v) is 10.00. The van der Waals surface area contributed by atoms with Crippen LogP contribution in [0.25, 0.3) is 0 Å². The van der Waals surface area contributed by atoms with Crippen molar-refractivity contribution in [2.45, 2.75) is 20.1 Å². The van der Waals surface area contributed by atoms with E-state index in [1.807, 2.05) is 13.0 Å².